The summed E-state index contributed by atoms with van der Waals surface area (Å²) in [4.78, 5) is 0.761. The molecule has 4 nitrogen and oxygen atoms in total. The van der Waals surface area contributed by atoms with Gasteiger partial charge in [-0.15, -0.1) is 11.3 Å². The molecule has 1 aromatic carbocycles. The third kappa shape index (κ3) is 4.10. The molecule has 0 saturated heterocycles. The van der Waals surface area contributed by atoms with Crippen LogP contribution in [0.2, 0.25) is 0 Å². The molecule has 0 aliphatic rings. The number of hydrogen-bond donors (Lipinski definition) is 2. The maximum Gasteiger partial charge on any atom is 0.241 e. The molecule has 0 radical (unpaired) electrons. The second-order valence-corrected chi connectivity index (χ2v) is 7.39. The Labute approximate surface area is 127 Å². The first-order chi connectivity index (χ1) is 9.92. The smallest absolute Gasteiger partial charge is 0.241 e. The lowest BCUT2D eigenvalue weighted by Crippen LogP contribution is -2.25. The topological polar surface area (TPSA) is 66.4 Å². The van der Waals surface area contributed by atoms with Gasteiger partial charge in [-0.3, -0.25) is 0 Å². The van der Waals surface area contributed by atoms with Gasteiger partial charge >= 0.3 is 0 Å². The lowest BCUT2D eigenvalue weighted by atomic mass is 10.1. The Kier molecular flexibility index (Phi) is 5.10. The van der Waals surface area contributed by atoms with Crippen LogP contribution in [-0.2, 0) is 23.1 Å². The monoisotopic (exact) mass is 329 g/mol. The van der Waals surface area contributed by atoms with Gasteiger partial charge in [-0.1, -0.05) is 6.07 Å². The number of aliphatic hydroxyl groups excluding tert-OH is 1. The van der Waals surface area contributed by atoms with Crippen molar-refractivity contribution in [2.75, 3.05) is 6.54 Å². The number of benzene rings is 1. The fourth-order valence-corrected chi connectivity index (χ4v) is 4.09. The second-order valence-electron chi connectivity index (χ2n) is 4.63. The number of thiophene rings is 1. The molecule has 0 unspecified atom stereocenters. The van der Waals surface area contributed by atoms with E-state index in [4.69, 9.17) is 5.11 Å². The van der Waals surface area contributed by atoms with Gasteiger partial charge in [0.25, 0.3) is 0 Å². The first-order valence-electron chi connectivity index (χ1n) is 6.35. The first kappa shape index (κ1) is 16.1. The Hall–Kier alpha value is -1.28. The van der Waals surface area contributed by atoms with E-state index in [1.165, 1.54) is 34.9 Å². The Balaban J connectivity index is 1.99. The first-order valence-corrected chi connectivity index (χ1v) is 8.71. The van der Waals surface area contributed by atoms with Crippen LogP contribution >= 0.6 is 11.3 Å². The number of aliphatic hydroxyl groups is 1. The zero-order valence-corrected chi connectivity index (χ0v) is 13.1. The molecule has 0 saturated carbocycles. The minimum atomic E-state index is -3.57. The highest BCUT2D eigenvalue weighted by Crippen LogP contribution is 2.19. The Morgan fingerprint density at radius 1 is 1.33 bits per heavy atom. The highest BCUT2D eigenvalue weighted by Gasteiger charge is 2.15. The van der Waals surface area contributed by atoms with Crippen LogP contribution in [-0.4, -0.2) is 20.1 Å². The van der Waals surface area contributed by atoms with E-state index in [-0.39, 0.29) is 23.9 Å². The summed E-state index contributed by atoms with van der Waals surface area (Å²) in [6.07, 6.45) is 0.488. The van der Waals surface area contributed by atoms with Crippen molar-refractivity contribution in [2.24, 2.45) is 0 Å². The molecule has 21 heavy (non-hydrogen) atoms. The third-order valence-corrected chi connectivity index (χ3v) is 5.60. The number of rotatable bonds is 6. The van der Waals surface area contributed by atoms with Crippen molar-refractivity contribution in [3.05, 3.63) is 51.5 Å². The van der Waals surface area contributed by atoms with Gasteiger partial charge in [0.15, 0.2) is 0 Å². The van der Waals surface area contributed by atoms with Crippen LogP contribution in [0.5, 0.6) is 0 Å². The van der Waals surface area contributed by atoms with Gasteiger partial charge in [-0.2, -0.15) is 0 Å². The minimum Gasteiger partial charge on any atom is -0.391 e. The van der Waals surface area contributed by atoms with Gasteiger partial charge in [0, 0.05) is 16.8 Å². The van der Waals surface area contributed by atoms with E-state index in [0.717, 1.165) is 11.1 Å². The molecule has 0 aliphatic carbocycles. The van der Waals surface area contributed by atoms with E-state index in [2.05, 4.69) is 4.72 Å². The summed E-state index contributed by atoms with van der Waals surface area (Å²) < 4.78 is 39.6. The molecule has 2 N–H and O–H groups in total. The zero-order valence-electron chi connectivity index (χ0n) is 11.5. The Morgan fingerprint density at radius 2 is 2.10 bits per heavy atom. The third-order valence-electron chi connectivity index (χ3n) is 3.09. The van der Waals surface area contributed by atoms with Gasteiger partial charge < -0.3 is 5.11 Å². The predicted molar refractivity (Wildman–Crippen MR) is 80.3 cm³/mol. The normalized spacial score (nSPS) is 11.8. The van der Waals surface area contributed by atoms with E-state index in [9.17, 15) is 12.8 Å². The van der Waals surface area contributed by atoms with E-state index >= 15 is 0 Å². The van der Waals surface area contributed by atoms with Crippen molar-refractivity contribution in [1.29, 1.82) is 0 Å². The molecular formula is C14H16FNO3S2. The van der Waals surface area contributed by atoms with Crippen LogP contribution in [0.15, 0.2) is 34.5 Å². The standard InChI is InChI=1S/C14H16FNO3S2/c1-10-6-12(15)3-2-11(10)4-5-16-21(18,19)14-7-13(8-17)20-9-14/h2-3,6-7,9,16-17H,4-5,8H2,1H3. The summed E-state index contributed by atoms with van der Waals surface area (Å²) >= 11 is 1.20. The van der Waals surface area contributed by atoms with E-state index < -0.39 is 10.0 Å². The highest BCUT2D eigenvalue weighted by atomic mass is 32.2. The SMILES string of the molecule is Cc1cc(F)ccc1CCNS(=O)(=O)c1csc(CO)c1. The van der Waals surface area contributed by atoms with Crippen LogP contribution in [0.4, 0.5) is 4.39 Å². The summed E-state index contributed by atoms with van der Waals surface area (Å²) in [7, 11) is -3.57. The quantitative estimate of drug-likeness (QED) is 0.854. The van der Waals surface area contributed by atoms with Crippen molar-refractivity contribution >= 4 is 21.4 Å². The molecule has 2 aromatic rings. The number of halogens is 1. The van der Waals surface area contributed by atoms with Crippen molar-refractivity contribution in [2.45, 2.75) is 24.8 Å². The molecule has 114 valence electrons. The molecule has 7 heteroatoms. The van der Waals surface area contributed by atoms with Crippen molar-refractivity contribution in [3.8, 4) is 0 Å². The van der Waals surface area contributed by atoms with Gasteiger partial charge in [-0.05, 0) is 42.7 Å². The number of hydrogen-bond acceptors (Lipinski definition) is 4. The zero-order chi connectivity index (χ0) is 15.5. The summed E-state index contributed by atoms with van der Waals surface area (Å²) in [5.41, 5.74) is 1.70. The molecular weight excluding hydrogens is 313 g/mol. The van der Waals surface area contributed by atoms with Gasteiger partial charge in [0.1, 0.15) is 5.82 Å². The number of sulfonamides is 1. The van der Waals surface area contributed by atoms with Crippen molar-refractivity contribution in [3.63, 3.8) is 0 Å². The van der Waals surface area contributed by atoms with Crippen LogP contribution in [0.3, 0.4) is 0 Å². The number of aryl methyl sites for hydroxylation is 1. The molecule has 0 aliphatic heterocycles. The van der Waals surface area contributed by atoms with Crippen LogP contribution in [0.1, 0.15) is 16.0 Å². The second kappa shape index (κ2) is 6.65. The lowest BCUT2D eigenvalue weighted by molar-refractivity contribution is 0.285. The molecule has 0 fully saturated rings. The molecule has 0 bridgehead atoms. The van der Waals surface area contributed by atoms with Crippen LogP contribution in [0.25, 0.3) is 0 Å². The minimum absolute atomic E-state index is 0.160. The van der Waals surface area contributed by atoms with Gasteiger partial charge in [0.2, 0.25) is 10.0 Å². The molecule has 1 aromatic heterocycles. The molecule has 0 amide bonds. The molecule has 0 atom stereocenters. The fourth-order valence-electron chi connectivity index (χ4n) is 1.93. The van der Waals surface area contributed by atoms with Crippen LogP contribution in [0, 0.1) is 12.7 Å². The maximum absolute atomic E-state index is 13.0. The largest absolute Gasteiger partial charge is 0.391 e. The summed E-state index contributed by atoms with van der Waals surface area (Å²) in [5, 5.41) is 10.5. The Bertz CT molecular complexity index is 726. The summed E-state index contributed by atoms with van der Waals surface area (Å²) in [6.45, 7) is 1.85. The number of nitrogens with one attached hydrogen (secondary N) is 1. The highest BCUT2D eigenvalue weighted by molar-refractivity contribution is 7.89. The fraction of sp³-hybridized carbons (Fsp3) is 0.286. The van der Waals surface area contributed by atoms with Crippen molar-refractivity contribution < 1.29 is 17.9 Å². The molecule has 0 spiro atoms. The summed E-state index contributed by atoms with van der Waals surface area (Å²) in [5.74, 6) is -0.299. The Morgan fingerprint density at radius 3 is 2.71 bits per heavy atom. The molecule has 2 rings (SSSR count). The van der Waals surface area contributed by atoms with Gasteiger partial charge in [-0.25, -0.2) is 17.5 Å². The van der Waals surface area contributed by atoms with Crippen molar-refractivity contribution in [1.82, 2.24) is 4.72 Å². The van der Waals surface area contributed by atoms with Crippen LogP contribution < -0.4 is 4.72 Å². The lowest BCUT2D eigenvalue weighted by Gasteiger charge is -2.07. The van der Waals surface area contributed by atoms with E-state index in [1.807, 2.05) is 0 Å². The van der Waals surface area contributed by atoms with Gasteiger partial charge in [0.05, 0.1) is 11.5 Å². The molecule has 1 heterocycles. The average Bonchev–Trinajstić information content (AvgIpc) is 2.91. The average molecular weight is 329 g/mol. The summed E-state index contributed by atoms with van der Waals surface area (Å²) in [6, 6.07) is 5.91. The van der Waals surface area contributed by atoms with E-state index in [0.29, 0.717) is 11.3 Å². The predicted octanol–water partition coefficient (Wildman–Crippen LogP) is 2.21. The van der Waals surface area contributed by atoms with E-state index in [1.54, 1.807) is 13.0 Å². The maximum atomic E-state index is 13.0.